The number of nitrogens with one attached hydrogen (secondary N) is 1. The number of carbonyl (C=O) groups excluding carboxylic acids is 1. The van der Waals surface area contributed by atoms with Crippen molar-refractivity contribution in [2.75, 3.05) is 13.7 Å². The maximum atomic E-state index is 13.2. The third-order valence-electron chi connectivity index (χ3n) is 3.26. The number of hydrogen-bond acceptors (Lipinski definition) is 4. The number of rotatable bonds is 4. The van der Waals surface area contributed by atoms with Gasteiger partial charge in [-0.3, -0.25) is 10.2 Å². The van der Waals surface area contributed by atoms with Crippen LogP contribution in [0.15, 0.2) is 36.0 Å². The Morgan fingerprint density at radius 3 is 2.52 bits per heavy atom. The second kappa shape index (κ2) is 6.38. The maximum absolute atomic E-state index is 13.2. The highest BCUT2D eigenvalue weighted by Gasteiger charge is 2.61. The van der Waals surface area contributed by atoms with E-state index in [0.29, 0.717) is 11.1 Å². The van der Waals surface area contributed by atoms with Crippen LogP contribution in [0.3, 0.4) is 0 Å². The zero-order chi connectivity index (χ0) is 17.3. The summed E-state index contributed by atoms with van der Waals surface area (Å²) in [5, 5.41) is 10.5. The van der Waals surface area contributed by atoms with Gasteiger partial charge in [-0.05, 0) is 30.3 Å². The molecule has 0 fully saturated rings. The van der Waals surface area contributed by atoms with Gasteiger partial charge in [0.15, 0.2) is 0 Å². The Hall–Kier alpha value is -1.77. The Balaban J connectivity index is 2.32. The quantitative estimate of drug-likeness (QED) is 0.875. The lowest BCUT2D eigenvalue weighted by atomic mass is 10.1. The van der Waals surface area contributed by atoms with Crippen molar-refractivity contribution >= 4 is 17.5 Å². The molecule has 0 saturated heterocycles. The summed E-state index contributed by atoms with van der Waals surface area (Å²) in [5.41, 5.74) is -1.15. The van der Waals surface area contributed by atoms with E-state index in [1.807, 2.05) is 0 Å². The first-order chi connectivity index (χ1) is 10.7. The van der Waals surface area contributed by atoms with Gasteiger partial charge in [-0.1, -0.05) is 11.6 Å². The molecule has 1 aliphatic rings. The number of amides is 1. The molecule has 1 aromatic carbocycles. The van der Waals surface area contributed by atoms with Gasteiger partial charge in [0.1, 0.15) is 0 Å². The first-order valence-electron chi connectivity index (χ1n) is 6.55. The molecule has 23 heavy (non-hydrogen) atoms. The summed E-state index contributed by atoms with van der Waals surface area (Å²) in [6.45, 7) is 0.135. The second-order valence-corrected chi connectivity index (χ2v) is 5.33. The van der Waals surface area contributed by atoms with Crippen LogP contribution < -0.4 is 5.43 Å². The van der Waals surface area contributed by atoms with E-state index in [4.69, 9.17) is 16.3 Å². The molecule has 2 rings (SSSR count). The van der Waals surface area contributed by atoms with Gasteiger partial charge in [0, 0.05) is 29.8 Å². The number of carbonyl (C=O) groups is 1. The Kier molecular flexibility index (Phi) is 4.88. The van der Waals surface area contributed by atoms with Crippen LogP contribution >= 0.6 is 11.6 Å². The molecule has 126 valence electrons. The van der Waals surface area contributed by atoms with Gasteiger partial charge >= 0.3 is 6.18 Å². The number of benzene rings is 1. The normalized spacial score (nSPS) is 21.1. The van der Waals surface area contributed by atoms with Crippen molar-refractivity contribution in [3.8, 4) is 0 Å². The number of nitrogens with zero attached hydrogens (tertiary/aromatic N) is 1. The van der Waals surface area contributed by atoms with Crippen LogP contribution in [0.25, 0.3) is 0 Å². The molecule has 5 nitrogen and oxygen atoms in total. The molecule has 0 spiro atoms. The monoisotopic (exact) mass is 350 g/mol. The van der Waals surface area contributed by atoms with Crippen molar-refractivity contribution < 1.29 is 27.8 Å². The van der Waals surface area contributed by atoms with Crippen LogP contribution in [-0.4, -0.2) is 41.6 Å². The highest BCUT2D eigenvalue weighted by molar-refractivity contribution is 6.30. The molecule has 1 aromatic rings. The minimum absolute atomic E-state index is 0.0361. The van der Waals surface area contributed by atoms with Crippen molar-refractivity contribution in [3.05, 3.63) is 46.6 Å². The molecule has 0 saturated carbocycles. The highest BCUT2D eigenvalue weighted by atomic mass is 35.5. The van der Waals surface area contributed by atoms with Gasteiger partial charge in [-0.25, -0.2) is 5.01 Å². The van der Waals surface area contributed by atoms with Crippen LogP contribution in [0.2, 0.25) is 5.02 Å². The van der Waals surface area contributed by atoms with Gasteiger partial charge in [0.05, 0.1) is 6.61 Å². The summed E-state index contributed by atoms with van der Waals surface area (Å²) >= 11 is 5.69. The topological polar surface area (TPSA) is 61.8 Å². The lowest BCUT2D eigenvalue weighted by Gasteiger charge is -2.33. The molecule has 1 heterocycles. The summed E-state index contributed by atoms with van der Waals surface area (Å²) in [4.78, 5) is 12.3. The van der Waals surface area contributed by atoms with Crippen molar-refractivity contribution in [3.63, 3.8) is 0 Å². The molecule has 9 heteroatoms. The van der Waals surface area contributed by atoms with Crippen LogP contribution in [0.1, 0.15) is 16.8 Å². The van der Waals surface area contributed by atoms with Crippen molar-refractivity contribution in [2.45, 2.75) is 18.3 Å². The fourth-order valence-corrected chi connectivity index (χ4v) is 2.17. The molecule has 0 radical (unpaired) electrons. The van der Waals surface area contributed by atoms with Crippen LogP contribution in [0, 0.1) is 0 Å². The van der Waals surface area contributed by atoms with Gasteiger partial charge in [0.2, 0.25) is 0 Å². The van der Waals surface area contributed by atoms with E-state index < -0.39 is 17.8 Å². The number of halogens is 4. The molecular weight excluding hydrogens is 337 g/mol. The number of hydrazine groups is 1. The standard InChI is InChI=1S/C14H14ClF3N2O3/c1-23-7-6-11-8-13(22,14(16,17)18)20(19-11)12(21)9-2-4-10(15)5-3-9/h2-5,8,19,22H,6-7H2,1H3/t13-/m0/s1. The largest absolute Gasteiger partial charge is 0.442 e. The summed E-state index contributed by atoms with van der Waals surface area (Å²) < 4.78 is 44.5. The SMILES string of the molecule is COCCC1=C[C@](O)(C(F)(F)F)N(C(=O)c2ccc(Cl)cc2)N1. The Morgan fingerprint density at radius 1 is 1.39 bits per heavy atom. The predicted octanol–water partition coefficient (Wildman–Crippen LogP) is 2.47. The van der Waals surface area contributed by atoms with E-state index in [1.54, 1.807) is 0 Å². The predicted molar refractivity (Wildman–Crippen MR) is 76.3 cm³/mol. The van der Waals surface area contributed by atoms with Crippen molar-refractivity contribution in [2.24, 2.45) is 0 Å². The van der Waals surface area contributed by atoms with Crippen molar-refractivity contribution in [1.29, 1.82) is 0 Å². The minimum Gasteiger partial charge on any atom is -0.384 e. The van der Waals surface area contributed by atoms with E-state index in [9.17, 15) is 23.1 Å². The average Bonchev–Trinajstić information content (AvgIpc) is 2.83. The third kappa shape index (κ3) is 3.44. The Morgan fingerprint density at radius 2 is 2.00 bits per heavy atom. The first kappa shape index (κ1) is 17.6. The van der Waals surface area contributed by atoms with E-state index in [-0.39, 0.29) is 29.3 Å². The molecule has 0 bridgehead atoms. The molecule has 0 unspecified atom stereocenters. The smallest absolute Gasteiger partial charge is 0.384 e. The molecule has 0 aromatic heterocycles. The Labute approximate surface area is 135 Å². The number of methoxy groups -OCH3 is 1. The lowest BCUT2D eigenvalue weighted by Crippen LogP contribution is -2.60. The zero-order valence-electron chi connectivity index (χ0n) is 12.0. The molecule has 0 aliphatic carbocycles. The van der Waals surface area contributed by atoms with Crippen LogP contribution in [0.5, 0.6) is 0 Å². The fraction of sp³-hybridized carbons (Fsp3) is 0.357. The van der Waals surface area contributed by atoms with E-state index in [2.05, 4.69) is 5.43 Å². The number of ether oxygens (including phenoxy) is 1. The number of aliphatic hydroxyl groups is 1. The van der Waals surface area contributed by atoms with Gasteiger partial charge in [-0.15, -0.1) is 0 Å². The maximum Gasteiger partial charge on any atom is 0.442 e. The summed E-state index contributed by atoms with van der Waals surface area (Å²) in [7, 11) is 1.39. The average molecular weight is 351 g/mol. The van der Waals surface area contributed by atoms with Crippen LogP contribution in [0.4, 0.5) is 13.2 Å². The van der Waals surface area contributed by atoms with E-state index >= 15 is 0 Å². The van der Waals surface area contributed by atoms with E-state index in [1.165, 1.54) is 31.4 Å². The third-order valence-corrected chi connectivity index (χ3v) is 3.51. The van der Waals surface area contributed by atoms with Gasteiger partial charge in [0.25, 0.3) is 11.6 Å². The summed E-state index contributed by atoms with van der Waals surface area (Å²) in [6, 6.07) is 5.29. The molecule has 1 aliphatic heterocycles. The van der Waals surface area contributed by atoms with Crippen LogP contribution in [-0.2, 0) is 4.74 Å². The molecule has 2 N–H and O–H groups in total. The minimum atomic E-state index is -5.07. The summed E-state index contributed by atoms with van der Waals surface area (Å²) in [5.74, 6) is -1.04. The van der Waals surface area contributed by atoms with Gasteiger partial charge < -0.3 is 9.84 Å². The lowest BCUT2D eigenvalue weighted by molar-refractivity contribution is -0.283. The molecule has 1 amide bonds. The first-order valence-corrected chi connectivity index (χ1v) is 6.93. The van der Waals surface area contributed by atoms with Crippen molar-refractivity contribution in [1.82, 2.24) is 10.4 Å². The number of hydrogen-bond donors (Lipinski definition) is 2. The highest BCUT2D eigenvalue weighted by Crippen LogP contribution is 2.38. The Bertz CT molecular complexity index is 619. The molecule has 1 atom stereocenters. The van der Waals surface area contributed by atoms with E-state index in [0.717, 1.165) is 0 Å². The fourth-order valence-electron chi connectivity index (χ4n) is 2.04. The second-order valence-electron chi connectivity index (χ2n) is 4.90. The summed E-state index contributed by atoms with van der Waals surface area (Å²) in [6.07, 6.45) is -4.42. The molecular formula is C14H14ClF3N2O3. The number of alkyl halides is 3. The zero-order valence-corrected chi connectivity index (χ0v) is 12.8. The van der Waals surface area contributed by atoms with Gasteiger partial charge in [-0.2, -0.15) is 13.2 Å².